The fraction of sp³-hybridized carbons (Fsp3) is 0.353. The van der Waals surface area contributed by atoms with E-state index in [1.807, 2.05) is 0 Å². The van der Waals surface area contributed by atoms with Crippen molar-refractivity contribution in [3.05, 3.63) is 42.2 Å². The van der Waals surface area contributed by atoms with Gasteiger partial charge >= 0.3 is 11.9 Å². The molecule has 0 fully saturated rings. The van der Waals surface area contributed by atoms with Crippen molar-refractivity contribution in [2.45, 2.75) is 32.2 Å². The van der Waals surface area contributed by atoms with Gasteiger partial charge in [-0.25, -0.2) is 4.79 Å². The third kappa shape index (κ3) is 3.66. The highest BCUT2D eigenvalue weighted by Gasteiger charge is 2.43. The zero-order valence-electron chi connectivity index (χ0n) is 14.5. The van der Waals surface area contributed by atoms with Crippen LogP contribution in [0.4, 0.5) is 14.5 Å². The molecule has 1 aromatic heterocycles. The van der Waals surface area contributed by atoms with E-state index < -0.39 is 28.9 Å². The zero-order valence-corrected chi connectivity index (χ0v) is 14.5. The molecule has 0 atom stereocenters. The topological polar surface area (TPSA) is 93.5 Å². The summed E-state index contributed by atoms with van der Waals surface area (Å²) in [5.41, 5.74) is -2.00. The number of anilines is 1. The van der Waals surface area contributed by atoms with Gasteiger partial charge < -0.3 is 15.2 Å². The summed E-state index contributed by atoms with van der Waals surface area (Å²) in [4.78, 5) is 23.3. The SMILES string of the molecule is CCOc1ccccc1C(F)(F)C(=O)Nc1cnn(C(C)(C)C(=O)O)c1. The Balaban J connectivity index is 2.25. The van der Waals surface area contributed by atoms with Gasteiger partial charge in [0.15, 0.2) is 5.54 Å². The van der Waals surface area contributed by atoms with E-state index in [2.05, 4.69) is 10.4 Å². The fourth-order valence-corrected chi connectivity index (χ4v) is 2.13. The monoisotopic (exact) mass is 367 g/mol. The number of hydrogen-bond acceptors (Lipinski definition) is 4. The number of carbonyl (C=O) groups excluding carboxylic acids is 1. The molecule has 1 aromatic carbocycles. The number of nitrogens with one attached hydrogen (secondary N) is 1. The van der Waals surface area contributed by atoms with Crippen LogP contribution in [0.5, 0.6) is 5.75 Å². The molecule has 1 amide bonds. The van der Waals surface area contributed by atoms with Gasteiger partial charge in [-0.3, -0.25) is 9.48 Å². The van der Waals surface area contributed by atoms with Gasteiger partial charge in [-0.15, -0.1) is 0 Å². The number of ether oxygens (including phenoxy) is 1. The Morgan fingerprint density at radius 1 is 1.31 bits per heavy atom. The molecule has 2 N–H and O–H groups in total. The lowest BCUT2D eigenvalue weighted by Gasteiger charge is -2.20. The van der Waals surface area contributed by atoms with Crippen LogP contribution < -0.4 is 10.1 Å². The van der Waals surface area contributed by atoms with E-state index >= 15 is 0 Å². The molecule has 7 nitrogen and oxygen atoms in total. The average Bonchev–Trinajstić information content (AvgIpc) is 3.04. The van der Waals surface area contributed by atoms with Crippen LogP contribution in [0.1, 0.15) is 26.3 Å². The number of rotatable bonds is 7. The minimum absolute atomic E-state index is 0.0436. The lowest BCUT2D eigenvalue weighted by molar-refractivity contribution is -0.146. The molecule has 26 heavy (non-hydrogen) atoms. The van der Waals surface area contributed by atoms with Crippen molar-refractivity contribution in [1.82, 2.24) is 9.78 Å². The number of para-hydroxylation sites is 1. The lowest BCUT2D eigenvalue weighted by Crippen LogP contribution is -2.36. The number of benzene rings is 1. The summed E-state index contributed by atoms with van der Waals surface area (Å²) in [7, 11) is 0. The Hall–Kier alpha value is -2.97. The maximum atomic E-state index is 14.6. The van der Waals surface area contributed by atoms with Crippen molar-refractivity contribution in [2.24, 2.45) is 0 Å². The number of aromatic nitrogens is 2. The molecule has 0 aliphatic heterocycles. The number of carboxylic acid groups (broad SMARTS) is 1. The first-order chi connectivity index (χ1) is 12.1. The summed E-state index contributed by atoms with van der Waals surface area (Å²) in [6.45, 7) is 4.60. The van der Waals surface area contributed by atoms with Crippen molar-refractivity contribution in [2.75, 3.05) is 11.9 Å². The molecule has 0 bridgehead atoms. The summed E-state index contributed by atoms with van der Waals surface area (Å²) < 4.78 is 35.4. The Morgan fingerprint density at radius 2 is 1.96 bits per heavy atom. The van der Waals surface area contributed by atoms with E-state index in [-0.39, 0.29) is 18.0 Å². The molecular weight excluding hydrogens is 348 g/mol. The Bertz CT molecular complexity index is 818. The third-order valence-corrected chi connectivity index (χ3v) is 3.75. The smallest absolute Gasteiger partial charge is 0.353 e. The minimum atomic E-state index is -3.85. The molecule has 1 heterocycles. The van der Waals surface area contributed by atoms with Crippen LogP contribution in [0.2, 0.25) is 0 Å². The van der Waals surface area contributed by atoms with Crippen molar-refractivity contribution in [1.29, 1.82) is 0 Å². The zero-order chi connectivity index (χ0) is 19.5. The average molecular weight is 367 g/mol. The second-order valence-electron chi connectivity index (χ2n) is 6.00. The van der Waals surface area contributed by atoms with Crippen LogP contribution in [-0.2, 0) is 21.1 Å². The molecule has 0 radical (unpaired) electrons. The molecule has 0 saturated carbocycles. The number of carboxylic acids is 1. The molecule has 0 unspecified atom stereocenters. The van der Waals surface area contributed by atoms with Gasteiger partial charge in [0, 0.05) is 6.20 Å². The van der Waals surface area contributed by atoms with Gasteiger partial charge in [0.05, 0.1) is 24.1 Å². The van der Waals surface area contributed by atoms with Gasteiger partial charge in [0.2, 0.25) is 0 Å². The highest BCUT2D eigenvalue weighted by Crippen LogP contribution is 2.36. The summed E-state index contributed by atoms with van der Waals surface area (Å²) >= 11 is 0. The second-order valence-corrected chi connectivity index (χ2v) is 6.00. The standard InChI is InChI=1S/C17H19F2N3O4/c1-4-26-13-8-6-5-7-12(13)17(18,19)14(23)21-11-9-20-22(10-11)16(2,3)15(24)25/h5-10H,4H2,1-3H3,(H,21,23)(H,24,25). The van der Waals surface area contributed by atoms with E-state index in [1.54, 1.807) is 6.92 Å². The number of aliphatic carboxylic acids is 1. The first kappa shape index (κ1) is 19.4. The van der Waals surface area contributed by atoms with E-state index in [0.29, 0.717) is 0 Å². The number of hydrogen-bond donors (Lipinski definition) is 2. The molecule has 0 aliphatic rings. The third-order valence-electron chi connectivity index (χ3n) is 3.75. The molecule has 0 aliphatic carbocycles. The normalized spacial score (nSPS) is 11.9. The first-order valence-electron chi connectivity index (χ1n) is 7.80. The van der Waals surface area contributed by atoms with E-state index in [1.165, 1.54) is 38.2 Å². The quantitative estimate of drug-likeness (QED) is 0.785. The van der Waals surface area contributed by atoms with Gasteiger partial charge in [-0.1, -0.05) is 12.1 Å². The predicted octanol–water partition coefficient (Wildman–Crippen LogP) is 2.83. The Labute approximate surface area is 148 Å². The molecule has 140 valence electrons. The van der Waals surface area contributed by atoms with E-state index in [4.69, 9.17) is 9.84 Å². The van der Waals surface area contributed by atoms with Gasteiger partial charge in [0.1, 0.15) is 5.75 Å². The molecule has 9 heteroatoms. The number of nitrogens with zero attached hydrogens (tertiary/aromatic N) is 2. The Morgan fingerprint density at radius 3 is 2.58 bits per heavy atom. The number of amides is 1. The summed E-state index contributed by atoms with van der Waals surface area (Å²) in [5.74, 6) is -6.67. The molecule has 0 spiro atoms. The number of halogens is 2. The van der Waals surface area contributed by atoms with Gasteiger partial charge in [0.25, 0.3) is 5.91 Å². The van der Waals surface area contributed by atoms with Crippen LogP contribution in [0, 0.1) is 0 Å². The first-order valence-corrected chi connectivity index (χ1v) is 7.80. The highest BCUT2D eigenvalue weighted by molar-refractivity contribution is 5.97. The maximum Gasteiger partial charge on any atom is 0.353 e. The fourth-order valence-electron chi connectivity index (χ4n) is 2.13. The lowest BCUT2D eigenvalue weighted by atomic mass is 10.1. The molecule has 2 rings (SSSR count). The Kier molecular flexibility index (Phi) is 5.29. The largest absolute Gasteiger partial charge is 0.493 e. The van der Waals surface area contributed by atoms with Crippen molar-refractivity contribution < 1.29 is 28.2 Å². The van der Waals surface area contributed by atoms with Crippen LogP contribution in [0.25, 0.3) is 0 Å². The molecular formula is C17H19F2N3O4. The predicted molar refractivity (Wildman–Crippen MR) is 89.3 cm³/mol. The summed E-state index contributed by atoms with van der Waals surface area (Å²) in [6.07, 6.45) is 2.28. The van der Waals surface area contributed by atoms with Crippen molar-refractivity contribution >= 4 is 17.6 Å². The minimum Gasteiger partial charge on any atom is -0.493 e. The van der Waals surface area contributed by atoms with Crippen LogP contribution in [0.3, 0.4) is 0 Å². The summed E-state index contributed by atoms with van der Waals surface area (Å²) in [6, 6.07) is 5.38. The van der Waals surface area contributed by atoms with Crippen molar-refractivity contribution in [3.63, 3.8) is 0 Å². The van der Waals surface area contributed by atoms with E-state index in [9.17, 15) is 18.4 Å². The molecule has 2 aromatic rings. The maximum absolute atomic E-state index is 14.6. The van der Waals surface area contributed by atoms with Crippen LogP contribution in [-0.4, -0.2) is 33.4 Å². The molecule has 0 saturated heterocycles. The van der Waals surface area contributed by atoms with Gasteiger partial charge in [-0.05, 0) is 32.9 Å². The van der Waals surface area contributed by atoms with Crippen LogP contribution in [0.15, 0.2) is 36.7 Å². The van der Waals surface area contributed by atoms with Gasteiger partial charge in [-0.2, -0.15) is 13.9 Å². The van der Waals surface area contributed by atoms with Crippen LogP contribution >= 0.6 is 0 Å². The second kappa shape index (κ2) is 7.11. The highest BCUT2D eigenvalue weighted by atomic mass is 19.3. The number of alkyl halides is 2. The summed E-state index contributed by atoms with van der Waals surface area (Å²) in [5, 5.41) is 15.0. The number of carbonyl (C=O) groups is 2. The van der Waals surface area contributed by atoms with Crippen molar-refractivity contribution in [3.8, 4) is 5.75 Å². The van der Waals surface area contributed by atoms with E-state index in [0.717, 1.165) is 16.9 Å².